The number of hydrogen-bond acceptors (Lipinski definition) is 2. The Balaban J connectivity index is 1.75. The maximum atomic E-state index is 4.35. The summed E-state index contributed by atoms with van der Waals surface area (Å²) in [5, 5.41) is 3.35. The van der Waals surface area contributed by atoms with Crippen molar-refractivity contribution in [3.8, 4) is 0 Å². The van der Waals surface area contributed by atoms with E-state index in [9.17, 15) is 0 Å². The van der Waals surface area contributed by atoms with Gasteiger partial charge >= 0.3 is 0 Å². The van der Waals surface area contributed by atoms with Crippen LogP contribution < -0.4 is 5.32 Å². The molecular weight excluding hydrogens is 198 g/mol. The molecule has 2 fully saturated rings. The molecule has 3 nitrogen and oxygen atoms in total. The molecule has 2 heterocycles. The van der Waals surface area contributed by atoms with E-state index >= 15 is 0 Å². The Morgan fingerprint density at radius 3 is 2.62 bits per heavy atom. The number of rotatable bonds is 2. The van der Waals surface area contributed by atoms with Crippen molar-refractivity contribution in [1.82, 2.24) is 14.9 Å². The smallest absolute Gasteiger partial charge is 0.0950 e. The van der Waals surface area contributed by atoms with Crippen LogP contribution in [0, 0.1) is 5.92 Å². The van der Waals surface area contributed by atoms with Crippen LogP contribution >= 0.6 is 0 Å². The van der Waals surface area contributed by atoms with Crippen molar-refractivity contribution < 1.29 is 0 Å². The van der Waals surface area contributed by atoms with E-state index < -0.39 is 0 Å². The monoisotopic (exact) mass is 219 g/mol. The van der Waals surface area contributed by atoms with Crippen molar-refractivity contribution in [1.29, 1.82) is 0 Å². The molecule has 0 spiro atoms. The molecule has 2 aliphatic rings. The molecule has 1 saturated carbocycles. The maximum absolute atomic E-state index is 4.35. The van der Waals surface area contributed by atoms with Gasteiger partial charge in [0.05, 0.1) is 6.33 Å². The van der Waals surface area contributed by atoms with Crippen molar-refractivity contribution in [3.05, 3.63) is 18.2 Å². The number of hydrogen-bond donors (Lipinski definition) is 1. The quantitative estimate of drug-likeness (QED) is 0.827. The van der Waals surface area contributed by atoms with E-state index in [-0.39, 0.29) is 0 Å². The van der Waals surface area contributed by atoms with Crippen LogP contribution in [0.25, 0.3) is 0 Å². The third kappa shape index (κ3) is 1.77. The largest absolute Gasteiger partial charge is 0.331 e. The van der Waals surface area contributed by atoms with Gasteiger partial charge in [0.2, 0.25) is 0 Å². The van der Waals surface area contributed by atoms with Crippen molar-refractivity contribution >= 4 is 0 Å². The lowest BCUT2D eigenvalue weighted by molar-refractivity contribution is 0.278. The van der Waals surface area contributed by atoms with E-state index in [2.05, 4.69) is 28.0 Å². The average Bonchev–Trinajstić information content (AvgIpc) is 2.65. The molecule has 3 heteroatoms. The lowest BCUT2D eigenvalue weighted by Crippen LogP contribution is -2.41. The molecule has 1 aromatic rings. The summed E-state index contributed by atoms with van der Waals surface area (Å²) in [4.78, 5) is 4.35. The first-order valence-corrected chi connectivity index (χ1v) is 6.57. The summed E-state index contributed by atoms with van der Waals surface area (Å²) in [7, 11) is 0. The molecule has 0 unspecified atom stereocenters. The Morgan fingerprint density at radius 1 is 1.25 bits per heavy atom. The highest BCUT2D eigenvalue weighted by Gasteiger charge is 2.26. The summed E-state index contributed by atoms with van der Waals surface area (Å²) in [6.07, 6.45) is 9.56. The molecule has 1 aliphatic heterocycles. The number of nitrogens with one attached hydrogen (secondary N) is 1. The minimum absolute atomic E-state index is 0.710. The second-order valence-corrected chi connectivity index (χ2v) is 5.49. The van der Waals surface area contributed by atoms with Gasteiger partial charge in [0.25, 0.3) is 0 Å². The third-order valence-corrected chi connectivity index (χ3v) is 4.27. The summed E-state index contributed by atoms with van der Waals surface area (Å²) in [6, 6.07) is 0.717. The fraction of sp³-hybridized carbons (Fsp3) is 0.769. The number of aromatic nitrogens is 2. The maximum Gasteiger partial charge on any atom is 0.0950 e. The zero-order valence-electron chi connectivity index (χ0n) is 10.0. The second kappa shape index (κ2) is 4.21. The van der Waals surface area contributed by atoms with Crippen LogP contribution in [0.3, 0.4) is 0 Å². The van der Waals surface area contributed by atoms with E-state index in [0.29, 0.717) is 12.0 Å². The molecule has 0 radical (unpaired) electrons. The van der Waals surface area contributed by atoms with Gasteiger partial charge in [-0.05, 0) is 31.6 Å². The zero-order chi connectivity index (χ0) is 11.0. The minimum Gasteiger partial charge on any atom is -0.331 e. The van der Waals surface area contributed by atoms with Crippen LogP contribution in [0.4, 0.5) is 0 Å². The molecular formula is C13H21N3. The standard InChI is InChI=1S/C13H21N3/c1-10-2-4-12(5-3-10)16-9-15-8-13(16)11-6-14-7-11/h8-12,14H,2-7H2,1H3. The first-order valence-electron chi connectivity index (χ1n) is 6.57. The van der Waals surface area contributed by atoms with Crippen LogP contribution in [-0.4, -0.2) is 22.6 Å². The van der Waals surface area contributed by atoms with Gasteiger partial charge in [-0.25, -0.2) is 4.98 Å². The van der Waals surface area contributed by atoms with E-state index in [1.165, 1.54) is 31.4 Å². The lowest BCUT2D eigenvalue weighted by Gasteiger charge is -2.33. The molecule has 0 atom stereocenters. The van der Waals surface area contributed by atoms with E-state index in [1.807, 2.05) is 6.33 Å². The molecule has 88 valence electrons. The minimum atomic E-state index is 0.710. The molecule has 1 saturated heterocycles. The second-order valence-electron chi connectivity index (χ2n) is 5.49. The van der Waals surface area contributed by atoms with Gasteiger partial charge in [-0.1, -0.05) is 6.92 Å². The Bertz CT molecular complexity index is 346. The van der Waals surface area contributed by atoms with Crippen molar-refractivity contribution in [3.63, 3.8) is 0 Å². The van der Waals surface area contributed by atoms with Gasteiger partial charge in [-0.15, -0.1) is 0 Å². The van der Waals surface area contributed by atoms with Gasteiger partial charge in [-0.3, -0.25) is 0 Å². The van der Waals surface area contributed by atoms with Crippen LogP contribution in [0.15, 0.2) is 12.5 Å². The summed E-state index contributed by atoms with van der Waals surface area (Å²) >= 11 is 0. The summed E-state index contributed by atoms with van der Waals surface area (Å²) in [5.41, 5.74) is 1.46. The van der Waals surface area contributed by atoms with E-state index in [1.54, 1.807) is 0 Å². The Kier molecular flexibility index (Phi) is 2.72. The normalized spacial score (nSPS) is 31.3. The topological polar surface area (TPSA) is 29.9 Å². The Labute approximate surface area is 97.3 Å². The number of imidazole rings is 1. The zero-order valence-corrected chi connectivity index (χ0v) is 10.0. The van der Waals surface area contributed by atoms with Crippen LogP contribution in [-0.2, 0) is 0 Å². The van der Waals surface area contributed by atoms with Gasteiger partial charge in [0.1, 0.15) is 0 Å². The molecule has 1 aromatic heterocycles. The highest BCUT2D eigenvalue weighted by atomic mass is 15.1. The van der Waals surface area contributed by atoms with Crippen molar-refractivity contribution in [2.75, 3.05) is 13.1 Å². The Morgan fingerprint density at radius 2 is 2.00 bits per heavy atom. The highest BCUT2D eigenvalue weighted by molar-refractivity contribution is 5.12. The molecule has 16 heavy (non-hydrogen) atoms. The molecule has 0 bridgehead atoms. The van der Waals surface area contributed by atoms with Gasteiger partial charge in [-0.2, -0.15) is 0 Å². The fourth-order valence-corrected chi connectivity index (χ4v) is 2.95. The van der Waals surface area contributed by atoms with Crippen LogP contribution in [0.5, 0.6) is 0 Å². The highest BCUT2D eigenvalue weighted by Crippen LogP contribution is 2.34. The van der Waals surface area contributed by atoms with Gasteiger partial charge < -0.3 is 9.88 Å². The molecule has 0 amide bonds. The lowest BCUT2D eigenvalue weighted by atomic mass is 9.86. The molecule has 0 aromatic carbocycles. The van der Waals surface area contributed by atoms with Crippen LogP contribution in [0.2, 0.25) is 0 Å². The summed E-state index contributed by atoms with van der Waals surface area (Å²) < 4.78 is 2.46. The third-order valence-electron chi connectivity index (χ3n) is 4.27. The molecule has 1 N–H and O–H groups in total. The van der Waals surface area contributed by atoms with Crippen LogP contribution in [0.1, 0.15) is 50.3 Å². The van der Waals surface area contributed by atoms with Gasteiger partial charge in [0, 0.05) is 36.9 Å². The first-order chi connectivity index (χ1) is 7.84. The fourth-order valence-electron chi connectivity index (χ4n) is 2.95. The average molecular weight is 219 g/mol. The van der Waals surface area contributed by atoms with E-state index in [4.69, 9.17) is 0 Å². The SMILES string of the molecule is CC1CCC(n2cncc2C2CNC2)CC1. The van der Waals surface area contributed by atoms with Crippen molar-refractivity contribution in [2.24, 2.45) is 5.92 Å². The Hall–Kier alpha value is -0.830. The molecule has 3 rings (SSSR count). The van der Waals surface area contributed by atoms with E-state index in [0.717, 1.165) is 19.0 Å². The summed E-state index contributed by atoms with van der Waals surface area (Å²) in [5.74, 6) is 1.63. The molecule has 1 aliphatic carbocycles. The summed E-state index contributed by atoms with van der Waals surface area (Å²) in [6.45, 7) is 4.64. The van der Waals surface area contributed by atoms with Gasteiger partial charge in [0.15, 0.2) is 0 Å². The predicted molar refractivity (Wildman–Crippen MR) is 64.5 cm³/mol. The van der Waals surface area contributed by atoms with Crippen molar-refractivity contribution in [2.45, 2.75) is 44.6 Å². The first kappa shape index (κ1) is 10.3. The number of nitrogens with zero attached hydrogens (tertiary/aromatic N) is 2. The predicted octanol–water partition coefficient (Wildman–Crippen LogP) is 2.32.